The van der Waals surface area contributed by atoms with E-state index in [2.05, 4.69) is 32.3 Å². The summed E-state index contributed by atoms with van der Waals surface area (Å²) in [5.41, 5.74) is 10.3. The topological polar surface area (TPSA) is 122 Å². The van der Waals surface area contributed by atoms with Crippen molar-refractivity contribution in [2.75, 3.05) is 18.8 Å². The van der Waals surface area contributed by atoms with E-state index in [1.165, 1.54) is 5.56 Å². The number of anilines is 1. The minimum absolute atomic E-state index is 0.0308. The van der Waals surface area contributed by atoms with Gasteiger partial charge in [-0.2, -0.15) is 0 Å². The standard InChI is InChI=1S/C24H24ClN7O2/c25-20-8-7-19-23(30-20)32(22(29-19)18-2-1-11-27-21(18)26)17-5-3-15(4-6-17)14-31-12-9-16(10-13-31)28-24(33)34/h1-8,11,16,28H,9-10,12-14H2,(H2,26,27)(H,33,34). The lowest BCUT2D eigenvalue weighted by Crippen LogP contribution is -2.43. The van der Waals surface area contributed by atoms with Gasteiger partial charge in [-0.1, -0.05) is 23.7 Å². The van der Waals surface area contributed by atoms with E-state index in [4.69, 9.17) is 27.4 Å². The molecule has 3 aromatic heterocycles. The fraction of sp³-hybridized carbons (Fsp3) is 0.250. The highest BCUT2D eigenvalue weighted by molar-refractivity contribution is 6.29. The van der Waals surface area contributed by atoms with Crippen molar-refractivity contribution >= 4 is 34.7 Å². The first-order valence-corrected chi connectivity index (χ1v) is 11.4. The average Bonchev–Trinajstić information content (AvgIpc) is 3.19. The molecule has 10 heteroatoms. The number of aromatic nitrogens is 4. The van der Waals surface area contributed by atoms with E-state index in [0.29, 0.717) is 28.0 Å². The third-order valence-corrected chi connectivity index (χ3v) is 6.28. The first kappa shape index (κ1) is 22.1. The SMILES string of the molecule is Nc1ncccc1-c1nc2ccc(Cl)nc2n1-c1ccc(CN2CCC(NC(=O)O)CC2)cc1. The number of benzene rings is 1. The average molecular weight is 478 g/mol. The zero-order valence-electron chi connectivity index (χ0n) is 18.4. The van der Waals surface area contributed by atoms with E-state index in [0.717, 1.165) is 43.7 Å². The van der Waals surface area contributed by atoms with Crippen LogP contribution in [0.15, 0.2) is 54.7 Å². The predicted molar refractivity (Wildman–Crippen MR) is 131 cm³/mol. The summed E-state index contributed by atoms with van der Waals surface area (Å²) in [7, 11) is 0. The summed E-state index contributed by atoms with van der Waals surface area (Å²) in [6.45, 7) is 2.51. The molecule has 4 N–H and O–H groups in total. The van der Waals surface area contributed by atoms with E-state index in [-0.39, 0.29) is 6.04 Å². The molecule has 174 valence electrons. The number of nitrogens with zero attached hydrogens (tertiary/aromatic N) is 5. The number of fused-ring (bicyclic) bond motifs is 1. The van der Waals surface area contributed by atoms with E-state index in [1.54, 1.807) is 12.3 Å². The van der Waals surface area contributed by atoms with E-state index >= 15 is 0 Å². The fourth-order valence-electron chi connectivity index (χ4n) is 4.38. The summed E-state index contributed by atoms with van der Waals surface area (Å²) < 4.78 is 1.95. The normalized spacial score (nSPS) is 15.0. The minimum atomic E-state index is -0.954. The van der Waals surface area contributed by atoms with Crippen molar-refractivity contribution in [2.45, 2.75) is 25.4 Å². The Morgan fingerprint density at radius 2 is 1.88 bits per heavy atom. The van der Waals surface area contributed by atoms with Crippen LogP contribution in [0, 0.1) is 0 Å². The molecule has 0 atom stereocenters. The molecule has 0 saturated carbocycles. The third kappa shape index (κ3) is 4.52. The molecule has 0 aliphatic carbocycles. The lowest BCUT2D eigenvalue weighted by Gasteiger charge is -2.31. The van der Waals surface area contributed by atoms with Gasteiger partial charge in [0.15, 0.2) is 11.5 Å². The molecule has 9 nitrogen and oxygen atoms in total. The molecule has 1 aliphatic rings. The van der Waals surface area contributed by atoms with E-state index in [9.17, 15) is 4.79 Å². The Labute approximate surface area is 201 Å². The maximum Gasteiger partial charge on any atom is 0.404 e. The number of rotatable bonds is 5. The van der Waals surface area contributed by atoms with Gasteiger partial charge in [-0.05, 0) is 54.8 Å². The Kier molecular flexibility index (Phi) is 6.04. The summed E-state index contributed by atoms with van der Waals surface area (Å²) in [6, 6.07) is 15.6. The van der Waals surface area contributed by atoms with Crippen LogP contribution in [0.4, 0.5) is 10.6 Å². The minimum Gasteiger partial charge on any atom is -0.465 e. The summed E-state index contributed by atoms with van der Waals surface area (Å²) in [5.74, 6) is 1.04. The van der Waals surface area contributed by atoms with Crippen LogP contribution in [0.2, 0.25) is 5.15 Å². The zero-order valence-corrected chi connectivity index (χ0v) is 19.1. The quantitative estimate of drug-likeness (QED) is 0.372. The van der Waals surface area contributed by atoms with Gasteiger partial charge in [0, 0.05) is 37.6 Å². The lowest BCUT2D eigenvalue weighted by molar-refractivity contribution is 0.165. The van der Waals surface area contributed by atoms with Gasteiger partial charge >= 0.3 is 6.09 Å². The number of piperidine rings is 1. The number of halogens is 1. The fourth-order valence-corrected chi connectivity index (χ4v) is 4.53. The number of carbonyl (C=O) groups is 1. The van der Waals surface area contributed by atoms with Crippen LogP contribution < -0.4 is 11.1 Å². The van der Waals surface area contributed by atoms with Crippen molar-refractivity contribution in [3.05, 3.63) is 65.4 Å². The van der Waals surface area contributed by atoms with Gasteiger partial charge in [0.1, 0.15) is 16.5 Å². The van der Waals surface area contributed by atoms with Crippen LogP contribution in [0.3, 0.4) is 0 Å². The number of nitrogens with two attached hydrogens (primary N) is 1. The molecule has 4 heterocycles. The maximum absolute atomic E-state index is 10.8. The van der Waals surface area contributed by atoms with Crippen LogP contribution >= 0.6 is 11.6 Å². The van der Waals surface area contributed by atoms with E-state index < -0.39 is 6.09 Å². The number of hydrogen-bond acceptors (Lipinski definition) is 6. The Morgan fingerprint density at radius 1 is 1.12 bits per heavy atom. The smallest absolute Gasteiger partial charge is 0.404 e. The number of imidazole rings is 1. The second-order valence-electron chi connectivity index (χ2n) is 8.35. The second kappa shape index (κ2) is 9.28. The number of nitrogen functional groups attached to an aromatic ring is 1. The predicted octanol–water partition coefficient (Wildman–Crippen LogP) is 3.95. The van der Waals surface area contributed by atoms with Gasteiger partial charge in [-0.3, -0.25) is 9.47 Å². The number of pyridine rings is 2. The third-order valence-electron chi connectivity index (χ3n) is 6.07. The first-order chi connectivity index (χ1) is 16.5. The van der Waals surface area contributed by atoms with Crippen molar-refractivity contribution < 1.29 is 9.90 Å². The molecule has 0 bridgehead atoms. The van der Waals surface area contributed by atoms with Crippen LogP contribution in [0.5, 0.6) is 0 Å². The molecule has 34 heavy (non-hydrogen) atoms. The van der Waals surface area contributed by atoms with Gasteiger partial charge in [0.25, 0.3) is 0 Å². The molecular formula is C24H24ClN7O2. The van der Waals surface area contributed by atoms with Crippen molar-refractivity contribution in [1.82, 2.24) is 29.7 Å². The number of hydrogen-bond donors (Lipinski definition) is 3. The largest absolute Gasteiger partial charge is 0.465 e. The lowest BCUT2D eigenvalue weighted by atomic mass is 10.0. The molecule has 1 amide bonds. The number of nitrogens with one attached hydrogen (secondary N) is 1. The molecule has 4 aromatic rings. The molecule has 0 unspecified atom stereocenters. The molecule has 0 spiro atoms. The van der Waals surface area contributed by atoms with Crippen LogP contribution in [0.1, 0.15) is 18.4 Å². The summed E-state index contributed by atoms with van der Waals surface area (Å²) in [6.07, 6.45) is 2.32. The molecule has 0 radical (unpaired) electrons. The molecular weight excluding hydrogens is 454 g/mol. The highest BCUT2D eigenvalue weighted by atomic mass is 35.5. The summed E-state index contributed by atoms with van der Waals surface area (Å²) >= 11 is 6.20. The van der Waals surface area contributed by atoms with Crippen LogP contribution in [0.25, 0.3) is 28.2 Å². The van der Waals surface area contributed by atoms with Gasteiger partial charge in [0.2, 0.25) is 0 Å². The van der Waals surface area contributed by atoms with Gasteiger partial charge < -0.3 is 16.2 Å². The Balaban J connectivity index is 1.42. The monoisotopic (exact) mass is 477 g/mol. The number of likely N-dealkylation sites (tertiary alicyclic amines) is 1. The highest BCUT2D eigenvalue weighted by Crippen LogP contribution is 2.31. The second-order valence-corrected chi connectivity index (χ2v) is 8.74. The molecule has 1 saturated heterocycles. The Bertz CT molecular complexity index is 1330. The van der Waals surface area contributed by atoms with Crippen LogP contribution in [-0.4, -0.2) is 54.8 Å². The maximum atomic E-state index is 10.8. The number of carboxylic acid groups (broad SMARTS) is 1. The molecule has 1 fully saturated rings. The van der Waals surface area contributed by atoms with E-state index in [1.807, 2.05) is 34.9 Å². The van der Waals surface area contributed by atoms with Crippen molar-refractivity contribution in [1.29, 1.82) is 0 Å². The van der Waals surface area contributed by atoms with Gasteiger partial charge in [0.05, 0.1) is 5.56 Å². The first-order valence-electron chi connectivity index (χ1n) is 11.0. The summed E-state index contributed by atoms with van der Waals surface area (Å²) in [5, 5.41) is 11.9. The Hall–Kier alpha value is -3.69. The zero-order chi connectivity index (χ0) is 23.7. The number of amides is 1. The van der Waals surface area contributed by atoms with Gasteiger partial charge in [-0.25, -0.2) is 19.7 Å². The molecule has 1 aliphatic heterocycles. The Morgan fingerprint density at radius 3 is 2.59 bits per heavy atom. The summed E-state index contributed by atoms with van der Waals surface area (Å²) in [4.78, 5) is 26.7. The van der Waals surface area contributed by atoms with Crippen molar-refractivity contribution in [3.8, 4) is 17.1 Å². The van der Waals surface area contributed by atoms with Crippen LogP contribution in [-0.2, 0) is 6.54 Å². The molecule has 5 rings (SSSR count). The van der Waals surface area contributed by atoms with Crippen molar-refractivity contribution in [2.24, 2.45) is 0 Å². The highest BCUT2D eigenvalue weighted by Gasteiger charge is 2.21. The van der Waals surface area contributed by atoms with Crippen molar-refractivity contribution in [3.63, 3.8) is 0 Å². The molecule has 1 aromatic carbocycles. The van der Waals surface area contributed by atoms with Gasteiger partial charge in [-0.15, -0.1) is 0 Å².